The van der Waals surface area contributed by atoms with E-state index >= 15 is 0 Å². The van der Waals surface area contributed by atoms with Crippen molar-refractivity contribution in [3.8, 4) is 11.5 Å². The molecule has 0 bridgehead atoms. The van der Waals surface area contributed by atoms with Gasteiger partial charge in [-0.3, -0.25) is 0 Å². The number of methoxy groups -OCH3 is 1. The monoisotopic (exact) mass is 323 g/mol. The minimum Gasteiger partial charge on any atom is -0.493 e. The van der Waals surface area contributed by atoms with E-state index in [-0.39, 0.29) is 0 Å². The van der Waals surface area contributed by atoms with Gasteiger partial charge in [-0.25, -0.2) is 0 Å². The van der Waals surface area contributed by atoms with Crippen LogP contribution in [0.3, 0.4) is 0 Å². The Balaban J connectivity index is 1.87. The molecule has 0 saturated heterocycles. The summed E-state index contributed by atoms with van der Waals surface area (Å²) in [6.07, 6.45) is 8.73. The number of hydrogen-bond donors (Lipinski definition) is 1. The molecule has 22 heavy (non-hydrogen) atoms. The van der Waals surface area contributed by atoms with Crippen LogP contribution in [-0.2, 0) is 6.54 Å². The van der Waals surface area contributed by atoms with Crippen molar-refractivity contribution in [2.75, 3.05) is 20.3 Å². The van der Waals surface area contributed by atoms with E-state index in [0.29, 0.717) is 17.4 Å². The van der Waals surface area contributed by atoms with Gasteiger partial charge in [-0.05, 0) is 57.2 Å². The summed E-state index contributed by atoms with van der Waals surface area (Å²) in [5.74, 6) is 1.43. The normalized spacial score (nSPS) is 14.6. The van der Waals surface area contributed by atoms with E-state index < -0.39 is 0 Å². The molecule has 0 saturated carbocycles. The highest BCUT2D eigenvalue weighted by Gasteiger charge is 2.10. The van der Waals surface area contributed by atoms with Crippen LogP contribution in [-0.4, -0.2) is 20.3 Å². The number of hydrogen-bond acceptors (Lipinski definition) is 3. The SMILES string of the molecule is CCOc1cc(Cl)c(CNCCC2=CCCCC2)cc1OC. The van der Waals surface area contributed by atoms with E-state index in [1.54, 1.807) is 12.7 Å². The summed E-state index contributed by atoms with van der Waals surface area (Å²) in [5.41, 5.74) is 2.63. The van der Waals surface area contributed by atoms with E-state index in [2.05, 4.69) is 11.4 Å². The highest BCUT2D eigenvalue weighted by atomic mass is 35.5. The Bertz CT molecular complexity index is 514. The first-order valence-corrected chi connectivity index (χ1v) is 8.50. The lowest BCUT2D eigenvalue weighted by Crippen LogP contribution is -2.16. The van der Waals surface area contributed by atoms with Gasteiger partial charge >= 0.3 is 0 Å². The molecule has 0 aliphatic heterocycles. The van der Waals surface area contributed by atoms with Gasteiger partial charge in [0.1, 0.15) is 0 Å². The molecule has 122 valence electrons. The third-order valence-electron chi connectivity index (χ3n) is 3.96. The molecule has 0 aromatic heterocycles. The maximum absolute atomic E-state index is 6.33. The van der Waals surface area contributed by atoms with Gasteiger partial charge in [0.05, 0.1) is 13.7 Å². The average molecular weight is 324 g/mol. The maximum atomic E-state index is 6.33. The van der Waals surface area contributed by atoms with Crippen molar-refractivity contribution in [2.24, 2.45) is 0 Å². The van der Waals surface area contributed by atoms with E-state index in [4.69, 9.17) is 21.1 Å². The highest BCUT2D eigenvalue weighted by molar-refractivity contribution is 6.31. The molecule has 0 unspecified atom stereocenters. The highest BCUT2D eigenvalue weighted by Crippen LogP contribution is 2.33. The van der Waals surface area contributed by atoms with Crippen LogP contribution in [0, 0.1) is 0 Å². The Hall–Kier alpha value is -1.19. The van der Waals surface area contributed by atoms with Crippen LogP contribution in [0.5, 0.6) is 11.5 Å². The molecule has 0 radical (unpaired) electrons. The van der Waals surface area contributed by atoms with Crippen LogP contribution in [0.4, 0.5) is 0 Å². The molecular weight excluding hydrogens is 298 g/mol. The third kappa shape index (κ3) is 4.92. The minimum absolute atomic E-state index is 0.597. The van der Waals surface area contributed by atoms with E-state index in [0.717, 1.165) is 30.8 Å². The Kier molecular flexibility index (Phi) is 7.07. The molecule has 0 amide bonds. The first-order chi connectivity index (χ1) is 10.7. The first-order valence-electron chi connectivity index (χ1n) is 8.12. The van der Waals surface area contributed by atoms with E-state index in [1.807, 2.05) is 19.1 Å². The van der Waals surface area contributed by atoms with Crippen LogP contribution >= 0.6 is 11.6 Å². The lowest BCUT2D eigenvalue weighted by Gasteiger charge is -2.15. The number of allylic oxidation sites excluding steroid dienone is 1. The Labute approximate surface area is 138 Å². The van der Waals surface area contributed by atoms with Crippen molar-refractivity contribution in [3.63, 3.8) is 0 Å². The molecular formula is C18H26ClNO2. The zero-order valence-corrected chi connectivity index (χ0v) is 14.3. The fourth-order valence-electron chi connectivity index (χ4n) is 2.74. The van der Waals surface area contributed by atoms with Gasteiger partial charge in [-0.15, -0.1) is 0 Å². The lowest BCUT2D eigenvalue weighted by atomic mass is 9.97. The second-order valence-electron chi connectivity index (χ2n) is 5.56. The summed E-state index contributed by atoms with van der Waals surface area (Å²) in [7, 11) is 1.65. The lowest BCUT2D eigenvalue weighted by molar-refractivity contribution is 0.310. The molecule has 2 rings (SSSR count). The van der Waals surface area contributed by atoms with Gasteiger partial charge in [-0.1, -0.05) is 23.3 Å². The van der Waals surface area contributed by atoms with Crippen LogP contribution < -0.4 is 14.8 Å². The number of ether oxygens (including phenoxy) is 2. The molecule has 0 heterocycles. The summed E-state index contributed by atoms with van der Waals surface area (Å²) in [4.78, 5) is 0. The Morgan fingerprint density at radius 2 is 2.09 bits per heavy atom. The van der Waals surface area contributed by atoms with Crippen molar-refractivity contribution in [3.05, 3.63) is 34.4 Å². The largest absolute Gasteiger partial charge is 0.493 e. The molecule has 0 fully saturated rings. The molecule has 0 atom stereocenters. The zero-order valence-electron chi connectivity index (χ0n) is 13.6. The van der Waals surface area contributed by atoms with Gasteiger partial charge in [0.2, 0.25) is 0 Å². The summed E-state index contributed by atoms with van der Waals surface area (Å²) in [6, 6.07) is 3.80. The zero-order chi connectivity index (χ0) is 15.8. The van der Waals surface area contributed by atoms with Crippen molar-refractivity contribution < 1.29 is 9.47 Å². The molecule has 1 aromatic rings. The predicted molar refractivity (Wildman–Crippen MR) is 92.0 cm³/mol. The quantitative estimate of drug-likeness (QED) is 0.554. The topological polar surface area (TPSA) is 30.5 Å². The molecule has 1 aliphatic carbocycles. The molecule has 0 spiro atoms. The van der Waals surface area contributed by atoms with Gasteiger partial charge in [0.15, 0.2) is 11.5 Å². The van der Waals surface area contributed by atoms with Gasteiger partial charge in [0.25, 0.3) is 0 Å². The van der Waals surface area contributed by atoms with Crippen molar-refractivity contribution in [1.29, 1.82) is 0 Å². The third-order valence-corrected chi connectivity index (χ3v) is 4.31. The first kappa shape index (κ1) is 17.2. The molecule has 4 heteroatoms. The summed E-state index contributed by atoms with van der Waals surface area (Å²) in [6.45, 7) is 4.27. The number of halogens is 1. The second kappa shape index (κ2) is 9.06. The fourth-order valence-corrected chi connectivity index (χ4v) is 2.96. The molecule has 3 nitrogen and oxygen atoms in total. The minimum atomic E-state index is 0.597. The van der Waals surface area contributed by atoms with Crippen LogP contribution in [0.1, 0.15) is 44.6 Å². The van der Waals surface area contributed by atoms with Crippen molar-refractivity contribution in [1.82, 2.24) is 5.32 Å². The molecule has 1 aliphatic rings. The number of rotatable bonds is 8. The fraction of sp³-hybridized carbons (Fsp3) is 0.556. The van der Waals surface area contributed by atoms with Crippen molar-refractivity contribution in [2.45, 2.75) is 45.6 Å². The number of benzene rings is 1. The van der Waals surface area contributed by atoms with Crippen LogP contribution in [0.15, 0.2) is 23.8 Å². The summed E-state index contributed by atoms with van der Waals surface area (Å²) < 4.78 is 10.9. The van der Waals surface area contributed by atoms with E-state index in [1.165, 1.54) is 25.7 Å². The van der Waals surface area contributed by atoms with Gasteiger partial charge in [-0.2, -0.15) is 0 Å². The van der Waals surface area contributed by atoms with Crippen LogP contribution in [0.2, 0.25) is 5.02 Å². The van der Waals surface area contributed by atoms with Gasteiger partial charge in [0, 0.05) is 17.6 Å². The summed E-state index contributed by atoms with van der Waals surface area (Å²) >= 11 is 6.33. The predicted octanol–water partition coefficient (Wildman–Crippen LogP) is 4.73. The van der Waals surface area contributed by atoms with Gasteiger partial charge < -0.3 is 14.8 Å². The smallest absolute Gasteiger partial charge is 0.162 e. The molecule has 1 aromatic carbocycles. The second-order valence-corrected chi connectivity index (χ2v) is 5.97. The summed E-state index contributed by atoms with van der Waals surface area (Å²) in [5, 5.41) is 4.19. The van der Waals surface area contributed by atoms with E-state index in [9.17, 15) is 0 Å². The average Bonchev–Trinajstić information content (AvgIpc) is 2.54. The maximum Gasteiger partial charge on any atom is 0.162 e. The Morgan fingerprint density at radius 1 is 1.23 bits per heavy atom. The number of nitrogens with one attached hydrogen (secondary N) is 1. The van der Waals surface area contributed by atoms with Crippen LogP contribution in [0.25, 0.3) is 0 Å². The molecule has 1 N–H and O–H groups in total. The van der Waals surface area contributed by atoms with Crippen molar-refractivity contribution >= 4 is 11.6 Å². The standard InChI is InChI=1S/C18H26ClNO2/c1-3-22-18-12-16(19)15(11-17(18)21-2)13-20-10-9-14-7-5-4-6-8-14/h7,11-12,20H,3-6,8-10,13H2,1-2H3. The Morgan fingerprint density at radius 3 is 2.77 bits per heavy atom.